The van der Waals surface area contributed by atoms with Crippen molar-refractivity contribution >= 4 is 0 Å². The molecule has 1 aromatic rings. The number of hydrogen-bond donors (Lipinski definition) is 2. The van der Waals surface area contributed by atoms with Gasteiger partial charge in [-0.15, -0.1) is 0 Å². The van der Waals surface area contributed by atoms with Crippen molar-refractivity contribution in [3.63, 3.8) is 0 Å². The van der Waals surface area contributed by atoms with Gasteiger partial charge in [0.05, 0.1) is 5.60 Å². The Morgan fingerprint density at radius 3 is 2.63 bits per heavy atom. The summed E-state index contributed by atoms with van der Waals surface area (Å²) in [6, 6.07) is 8.31. The first-order chi connectivity index (χ1) is 9.22. The summed E-state index contributed by atoms with van der Waals surface area (Å²) >= 11 is 0. The van der Waals surface area contributed by atoms with Crippen molar-refractivity contribution in [1.29, 1.82) is 0 Å². The molecule has 0 bridgehead atoms. The van der Waals surface area contributed by atoms with Crippen molar-refractivity contribution < 1.29 is 9.84 Å². The fourth-order valence-electron chi connectivity index (χ4n) is 3.91. The van der Waals surface area contributed by atoms with E-state index < -0.39 is 5.60 Å². The second-order valence-electron chi connectivity index (χ2n) is 5.97. The Morgan fingerprint density at radius 2 is 1.89 bits per heavy atom. The Morgan fingerprint density at radius 1 is 1.16 bits per heavy atom. The van der Waals surface area contributed by atoms with Crippen LogP contribution < -0.4 is 5.73 Å². The minimum atomic E-state index is -0.777. The zero-order chi connectivity index (χ0) is 13.3. The lowest BCUT2D eigenvalue weighted by Gasteiger charge is -2.51. The zero-order valence-electron chi connectivity index (χ0n) is 11.4. The monoisotopic (exact) mass is 261 g/mol. The predicted octanol–water partition coefficient (Wildman–Crippen LogP) is 1.97. The van der Waals surface area contributed by atoms with Crippen LogP contribution in [0.4, 0.5) is 0 Å². The number of hydrogen-bond acceptors (Lipinski definition) is 3. The summed E-state index contributed by atoms with van der Waals surface area (Å²) in [5.41, 5.74) is 7.49. The first-order valence-corrected chi connectivity index (χ1v) is 7.30. The second-order valence-corrected chi connectivity index (χ2v) is 5.97. The molecule has 1 saturated heterocycles. The minimum Gasteiger partial charge on any atom is -0.385 e. The molecule has 3 N–H and O–H groups in total. The molecule has 0 spiro atoms. The van der Waals surface area contributed by atoms with Crippen molar-refractivity contribution in [2.24, 2.45) is 11.1 Å². The van der Waals surface area contributed by atoms with Crippen LogP contribution in [0.3, 0.4) is 0 Å². The van der Waals surface area contributed by atoms with Crippen LogP contribution in [0, 0.1) is 5.41 Å². The molecule has 104 valence electrons. The van der Waals surface area contributed by atoms with Crippen molar-refractivity contribution in [3.8, 4) is 0 Å². The van der Waals surface area contributed by atoms with Gasteiger partial charge in [0.15, 0.2) is 0 Å². The van der Waals surface area contributed by atoms with Gasteiger partial charge in [-0.25, -0.2) is 0 Å². The molecule has 1 atom stereocenters. The number of fused-ring (bicyclic) bond motifs is 1. The molecule has 1 heterocycles. The van der Waals surface area contributed by atoms with Gasteiger partial charge < -0.3 is 15.6 Å². The molecule has 3 nitrogen and oxygen atoms in total. The molecular formula is C16H23NO2. The van der Waals surface area contributed by atoms with E-state index in [9.17, 15) is 5.11 Å². The molecule has 0 amide bonds. The third kappa shape index (κ3) is 1.92. The van der Waals surface area contributed by atoms with Crippen molar-refractivity contribution in [2.75, 3.05) is 19.8 Å². The largest absolute Gasteiger partial charge is 0.385 e. The molecule has 0 aromatic heterocycles. The van der Waals surface area contributed by atoms with Crippen LogP contribution in [-0.4, -0.2) is 24.9 Å². The lowest BCUT2D eigenvalue weighted by molar-refractivity contribution is -0.143. The maximum Gasteiger partial charge on any atom is 0.0969 e. The molecule has 1 aromatic carbocycles. The average molecular weight is 261 g/mol. The van der Waals surface area contributed by atoms with Crippen LogP contribution >= 0.6 is 0 Å². The quantitative estimate of drug-likeness (QED) is 0.855. The number of benzene rings is 1. The van der Waals surface area contributed by atoms with Crippen molar-refractivity contribution in [3.05, 3.63) is 35.4 Å². The fraction of sp³-hybridized carbons (Fsp3) is 0.625. The summed E-state index contributed by atoms with van der Waals surface area (Å²) in [5, 5.41) is 11.5. The Balaban J connectivity index is 2.07. The molecule has 1 unspecified atom stereocenters. The molecule has 3 rings (SSSR count). The average Bonchev–Trinajstić information content (AvgIpc) is 2.48. The first-order valence-electron chi connectivity index (χ1n) is 7.30. The molecule has 2 aliphatic rings. The Hall–Kier alpha value is -0.900. The normalized spacial score (nSPS) is 29.8. The molecule has 19 heavy (non-hydrogen) atoms. The Labute approximate surface area is 114 Å². The molecule has 0 radical (unpaired) electrons. The molecule has 1 fully saturated rings. The van der Waals surface area contributed by atoms with E-state index in [4.69, 9.17) is 10.5 Å². The lowest BCUT2D eigenvalue weighted by Crippen LogP contribution is -2.54. The van der Waals surface area contributed by atoms with Gasteiger partial charge in [-0.2, -0.15) is 0 Å². The van der Waals surface area contributed by atoms with E-state index in [1.165, 1.54) is 5.56 Å². The van der Waals surface area contributed by atoms with E-state index in [0.29, 0.717) is 19.8 Å². The summed E-state index contributed by atoms with van der Waals surface area (Å²) in [6.07, 6.45) is 4.63. The predicted molar refractivity (Wildman–Crippen MR) is 74.8 cm³/mol. The van der Waals surface area contributed by atoms with Crippen LogP contribution in [0.15, 0.2) is 24.3 Å². The van der Waals surface area contributed by atoms with Gasteiger partial charge in [-0.3, -0.25) is 0 Å². The third-order valence-corrected chi connectivity index (χ3v) is 5.17. The van der Waals surface area contributed by atoms with Crippen LogP contribution in [0.25, 0.3) is 0 Å². The second kappa shape index (κ2) is 4.89. The van der Waals surface area contributed by atoms with Crippen molar-refractivity contribution in [2.45, 2.75) is 37.7 Å². The Bertz CT molecular complexity index is 454. The highest BCUT2D eigenvalue weighted by atomic mass is 16.5. The maximum absolute atomic E-state index is 11.5. The van der Waals surface area contributed by atoms with Gasteiger partial charge in [-0.1, -0.05) is 24.3 Å². The zero-order valence-corrected chi connectivity index (χ0v) is 11.4. The number of aryl methyl sites for hydroxylation is 1. The number of ether oxygens (including phenoxy) is 1. The van der Waals surface area contributed by atoms with Gasteiger partial charge in [0.2, 0.25) is 0 Å². The molecule has 1 aliphatic carbocycles. The fourth-order valence-corrected chi connectivity index (χ4v) is 3.91. The smallest absolute Gasteiger partial charge is 0.0969 e. The van der Waals surface area contributed by atoms with Gasteiger partial charge in [0.1, 0.15) is 0 Å². The van der Waals surface area contributed by atoms with E-state index in [2.05, 4.69) is 18.2 Å². The van der Waals surface area contributed by atoms with Gasteiger partial charge in [0.25, 0.3) is 0 Å². The molecule has 3 heteroatoms. The molecule has 0 saturated carbocycles. The van der Waals surface area contributed by atoms with E-state index in [-0.39, 0.29) is 5.41 Å². The van der Waals surface area contributed by atoms with E-state index in [1.807, 2.05) is 6.07 Å². The highest BCUT2D eigenvalue weighted by molar-refractivity contribution is 5.37. The van der Waals surface area contributed by atoms with Crippen LogP contribution in [0.2, 0.25) is 0 Å². The summed E-state index contributed by atoms with van der Waals surface area (Å²) in [7, 11) is 0. The third-order valence-electron chi connectivity index (χ3n) is 5.17. The van der Waals surface area contributed by atoms with Crippen molar-refractivity contribution in [1.82, 2.24) is 0 Å². The lowest BCUT2D eigenvalue weighted by atomic mass is 9.59. The number of nitrogens with two attached hydrogens (primary N) is 1. The summed E-state index contributed by atoms with van der Waals surface area (Å²) in [4.78, 5) is 0. The van der Waals surface area contributed by atoms with Crippen LogP contribution in [-0.2, 0) is 16.8 Å². The van der Waals surface area contributed by atoms with Gasteiger partial charge in [-0.05, 0) is 43.2 Å². The summed E-state index contributed by atoms with van der Waals surface area (Å²) < 4.78 is 5.48. The van der Waals surface area contributed by atoms with Crippen LogP contribution in [0.5, 0.6) is 0 Å². The Kier molecular flexibility index (Phi) is 3.37. The summed E-state index contributed by atoms with van der Waals surface area (Å²) in [5.74, 6) is 0. The molecular weight excluding hydrogens is 238 g/mol. The highest BCUT2D eigenvalue weighted by Gasteiger charge is 2.52. The standard InChI is InChI=1S/C16H23NO2/c17-12-15(8-10-19-11-9-15)16(18)7-3-5-13-4-1-2-6-14(13)16/h1-2,4,6,18H,3,5,7-12,17H2. The summed E-state index contributed by atoms with van der Waals surface area (Å²) in [6.45, 7) is 1.95. The highest BCUT2D eigenvalue weighted by Crippen LogP contribution is 2.52. The van der Waals surface area contributed by atoms with E-state index in [0.717, 1.165) is 37.7 Å². The van der Waals surface area contributed by atoms with Gasteiger partial charge in [0, 0.05) is 25.2 Å². The first kappa shape index (κ1) is 13.1. The van der Waals surface area contributed by atoms with Crippen LogP contribution in [0.1, 0.15) is 36.8 Å². The number of rotatable bonds is 2. The SMILES string of the molecule is NCC1(C2(O)CCCc3ccccc32)CCOCC1. The topological polar surface area (TPSA) is 55.5 Å². The number of aliphatic hydroxyl groups is 1. The molecule has 1 aliphatic heterocycles. The maximum atomic E-state index is 11.5. The minimum absolute atomic E-state index is 0.220. The van der Waals surface area contributed by atoms with Gasteiger partial charge >= 0.3 is 0 Å². The van der Waals surface area contributed by atoms with E-state index in [1.54, 1.807) is 0 Å². The van der Waals surface area contributed by atoms with E-state index >= 15 is 0 Å².